The van der Waals surface area contributed by atoms with Crippen LogP contribution < -0.4 is 10.1 Å². The molecular weight excluding hydrogens is 327 g/mol. The molecule has 0 saturated heterocycles. The minimum atomic E-state index is -4.47. The lowest BCUT2D eigenvalue weighted by molar-refractivity contribution is -0.138. The lowest BCUT2D eigenvalue weighted by Gasteiger charge is -2.14. The van der Waals surface area contributed by atoms with E-state index in [1.54, 1.807) is 31.2 Å². The van der Waals surface area contributed by atoms with Crippen molar-refractivity contribution in [3.8, 4) is 5.75 Å². The van der Waals surface area contributed by atoms with Gasteiger partial charge in [-0.05, 0) is 25.1 Å². The Morgan fingerprint density at radius 3 is 2.76 bits per heavy atom. The first kappa shape index (κ1) is 15.8. The minimum absolute atomic E-state index is 0.101. The maximum Gasteiger partial charge on any atom is 0.445 e. The van der Waals surface area contributed by atoms with Crippen LogP contribution in [-0.2, 0) is 6.18 Å². The van der Waals surface area contributed by atoms with Gasteiger partial charge >= 0.3 is 6.18 Å². The number of anilines is 1. The quantitative estimate of drug-likeness (QED) is 0.892. The largest absolute Gasteiger partial charge is 0.489 e. The van der Waals surface area contributed by atoms with E-state index in [2.05, 4.69) is 15.5 Å². The highest BCUT2D eigenvalue weighted by Crippen LogP contribution is 2.32. The normalized spacial score (nSPS) is 13.0. The number of nitrogens with one attached hydrogen (secondary N) is 1. The van der Waals surface area contributed by atoms with Gasteiger partial charge in [0, 0.05) is 5.02 Å². The zero-order valence-electron chi connectivity index (χ0n) is 10.8. The summed E-state index contributed by atoms with van der Waals surface area (Å²) in [5.74, 6) is 0.588. The molecule has 2 aromatic rings. The number of rotatable bonds is 5. The molecule has 0 aliphatic carbocycles. The molecule has 1 heterocycles. The predicted octanol–water partition coefficient (Wildman–Crippen LogP) is 4.09. The molecule has 0 fully saturated rings. The predicted molar refractivity (Wildman–Crippen MR) is 74.9 cm³/mol. The number of aromatic nitrogens is 2. The summed E-state index contributed by atoms with van der Waals surface area (Å²) in [7, 11) is 0. The molecule has 1 unspecified atom stereocenters. The van der Waals surface area contributed by atoms with Crippen LogP contribution in [-0.4, -0.2) is 22.8 Å². The van der Waals surface area contributed by atoms with Gasteiger partial charge in [-0.25, -0.2) is 0 Å². The molecule has 0 aliphatic rings. The van der Waals surface area contributed by atoms with E-state index < -0.39 is 11.2 Å². The van der Waals surface area contributed by atoms with Gasteiger partial charge in [0.15, 0.2) is 0 Å². The van der Waals surface area contributed by atoms with Crippen molar-refractivity contribution < 1.29 is 17.9 Å². The van der Waals surface area contributed by atoms with E-state index in [0.29, 0.717) is 28.7 Å². The molecule has 0 radical (unpaired) electrons. The molecule has 114 valence electrons. The number of nitrogens with zero attached hydrogens (tertiary/aromatic N) is 2. The van der Waals surface area contributed by atoms with Crippen molar-refractivity contribution in [3.63, 3.8) is 0 Å². The van der Waals surface area contributed by atoms with E-state index in [1.807, 2.05) is 0 Å². The molecule has 1 N–H and O–H groups in total. The van der Waals surface area contributed by atoms with Crippen LogP contribution in [0.25, 0.3) is 0 Å². The van der Waals surface area contributed by atoms with Gasteiger partial charge in [0.25, 0.3) is 0 Å². The van der Waals surface area contributed by atoms with Crippen LogP contribution in [0, 0.1) is 0 Å². The van der Waals surface area contributed by atoms with E-state index in [-0.39, 0.29) is 11.2 Å². The smallest absolute Gasteiger partial charge is 0.445 e. The van der Waals surface area contributed by atoms with Crippen LogP contribution in [0.2, 0.25) is 5.02 Å². The summed E-state index contributed by atoms with van der Waals surface area (Å²) in [5, 5.41) is 8.95. The highest BCUT2D eigenvalue weighted by Gasteiger charge is 2.35. The summed E-state index contributed by atoms with van der Waals surface area (Å²) < 4.78 is 42.7. The Kier molecular flexibility index (Phi) is 4.89. The maximum absolute atomic E-state index is 12.4. The van der Waals surface area contributed by atoms with Crippen molar-refractivity contribution in [3.05, 3.63) is 34.3 Å². The van der Waals surface area contributed by atoms with Crippen LogP contribution in [0.3, 0.4) is 0 Å². The Labute approximate surface area is 127 Å². The van der Waals surface area contributed by atoms with Crippen molar-refractivity contribution in [1.29, 1.82) is 0 Å². The van der Waals surface area contributed by atoms with Gasteiger partial charge in [-0.1, -0.05) is 29.0 Å². The SMILES string of the molecule is CC(CNc1nnc(C(F)(F)F)s1)Oc1cccc(Cl)c1. The topological polar surface area (TPSA) is 47.0 Å². The summed E-state index contributed by atoms with van der Waals surface area (Å²) in [5.41, 5.74) is 0. The Balaban J connectivity index is 1.86. The number of hydrogen-bond acceptors (Lipinski definition) is 5. The summed E-state index contributed by atoms with van der Waals surface area (Å²) in [4.78, 5) is 0. The highest BCUT2D eigenvalue weighted by atomic mass is 35.5. The Morgan fingerprint density at radius 1 is 1.38 bits per heavy atom. The molecule has 9 heteroatoms. The summed E-state index contributed by atoms with van der Waals surface area (Å²) in [6.45, 7) is 2.07. The molecule has 0 saturated carbocycles. The fourth-order valence-electron chi connectivity index (χ4n) is 1.45. The zero-order chi connectivity index (χ0) is 15.5. The first-order valence-electron chi connectivity index (χ1n) is 5.91. The molecule has 0 spiro atoms. The van der Waals surface area contributed by atoms with Crippen molar-refractivity contribution in [1.82, 2.24) is 10.2 Å². The van der Waals surface area contributed by atoms with Gasteiger partial charge < -0.3 is 10.1 Å². The third kappa shape index (κ3) is 4.75. The lowest BCUT2D eigenvalue weighted by atomic mass is 10.3. The lowest BCUT2D eigenvalue weighted by Crippen LogP contribution is -2.22. The van der Waals surface area contributed by atoms with Crippen molar-refractivity contribution in [2.75, 3.05) is 11.9 Å². The minimum Gasteiger partial charge on any atom is -0.489 e. The summed E-state index contributed by atoms with van der Waals surface area (Å²) >= 11 is 6.28. The average Bonchev–Trinajstić information content (AvgIpc) is 2.85. The van der Waals surface area contributed by atoms with Gasteiger partial charge in [-0.3, -0.25) is 0 Å². The molecule has 1 aromatic heterocycles. The number of hydrogen-bond donors (Lipinski definition) is 1. The molecule has 1 atom stereocenters. The van der Waals surface area contributed by atoms with Gasteiger partial charge in [-0.2, -0.15) is 13.2 Å². The molecule has 1 aromatic carbocycles. The fraction of sp³-hybridized carbons (Fsp3) is 0.333. The van der Waals surface area contributed by atoms with Crippen LogP contribution in [0.4, 0.5) is 18.3 Å². The van der Waals surface area contributed by atoms with E-state index in [0.717, 1.165) is 0 Å². The van der Waals surface area contributed by atoms with E-state index >= 15 is 0 Å². The van der Waals surface area contributed by atoms with Crippen molar-refractivity contribution >= 4 is 28.1 Å². The average molecular weight is 338 g/mol. The summed E-state index contributed by atoms with van der Waals surface area (Å²) in [6.07, 6.45) is -4.75. The third-order valence-electron chi connectivity index (χ3n) is 2.34. The molecule has 21 heavy (non-hydrogen) atoms. The summed E-state index contributed by atoms with van der Waals surface area (Å²) in [6, 6.07) is 6.87. The standard InChI is InChI=1S/C12H11ClF3N3OS/c1-7(20-9-4-2-3-8(13)5-9)6-17-11-19-18-10(21-11)12(14,15)16/h2-5,7H,6H2,1H3,(H,17,19). The Bertz CT molecular complexity index is 605. The van der Waals surface area contributed by atoms with Crippen LogP contribution in [0.1, 0.15) is 11.9 Å². The number of alkyl halides is 3. The van der Waals surface area contributed by atoms with E-state index in [9.17, 15) is 13.2 Å². The number of ether oxygens (including phenoxy) is 1. The van der Waals surface area contributed by atoms with Crippen LogP contribution >= 0.6 is 22.9 Å². The van der Waals surface area contributed by atoms with Gasteiger partial charge in [-0.15, -0.1) is 10.2 Å². The van der Waals surface area contributed by atoms with Crippen molar-refractivity contribution in [2.24, 2.45) is 0 Å². The van der Waals surface area contributed by atoms with Gasteiger partial charge in [0.2, 0.25) is 10.1 Å². The first-order valence-corrected chi connectivity index (χ1v) is 7.11. The van der Waals surface area contributed by atoms with Gasteiger partial charge in [0.05, 0.1) is 6.54 Å². The number of benzene rings is 1. The van der Waals surface area contributed by atoms with Crippen LogP contribution in [0.5, 0.6) is 5.75 Å². The first-order chi connectivity index (χ1) is 9.84. The molecule has 0 bridgehead atoms. The van der Waals surface area contributed by atoms with E-state index in [4.69, 9.17) is 16.3 Å². The van der Waals surface area contributed by atoms with E-state index in [1.165, 1.54) is 0 Å². The molecule has 2 rings (SSSR count). The van der Waals surface area contributed by atoms with Crippen molar-refractivity contribution in [2.45, 2.75) is 19.2 Å². The zero-order valence-corrected chi connectivity index (χ0v) is 12.4. The Morgan fingerprint density at radius 2 is 2.14 bits per heavy atom. The second kappa shape index (κ2) is 6.48. The molecule has 4 nitrogen and oxygen atoms in total. The fourth-order valence-corrected chi connectivity index (χ4v) is 2.25. The molecular formula is C12H11ClF3N3OS. The van der Waals surface area contributed by atoms with Crippen LogP contribution in [0.15, 0.2) is 24.3 Å². The molecule has 0 aliphatic heterocycles. The highest BCUT2D eigenvalue weighted by molar-refractivity contribution is 7.15. The maximum atomic E-state index is 12.4. The second-order valence-corrected chi connectivity index (χ2v) is 5.59. The van der Waals surface area contributed by atoms with Gasteiger partial charge in [0.1, 0.15) is 11.9 Å². The Hall–Kier alpha value is -1.54. The third-order valence-corrected chi connectivity index (χ3v) is 3.50. The monoisotopic (exact) mass is 337 g/mol. The number of halogens is 4. The molecule has 0 amide bonds. The second-order valence-electron chi connectivity index (χ2n) is 4.18.